The van der Waals surface area contributed by atoms with Gasteiger partial charge in [0.05, 0.1) is 17.6 Å². The molecule has 1 aliphatic carbocycles. The molecule has 25 heavy (non-hydrogen) atoms. The Kier molecular flexibility index (Phi) is 4.01. The summed E-state index contributed by atoms with van der Waals surface area (Å²) >= 11 is 0. The molecule has 1 fully saturated rings. The average Bonchev–Trinajstić information content (AvgIpc) is 2.99. The number of aryl methyl sites for hydroxylation is 1. The highest BCUT2D eigenvalue weighted by Crippen LogP contribution is 2.33. The van der Waals surface area contributed by atoms with Crippen LogP contribution in [0.15, 0.2) is 30.6 Å². The summed E-state index contributed by atoms with van der Waals surface area (Å²) in [6, 6.07) is 6.07. The van der Waals surface area contributed by atoms with Gasteiger partial charge in [-0.05, 0) is 50.3 Å². The number of hydrogen-bond acceptors (Lipinski definition) is 6. The van der Waals surface area contributed by atoms with E-state index >= 15 is 0 Å². The fraction of sp³-hybridized carbons (Fsp3) is 0.389. The third-order valence-corrected chi connectivity index (χ3v) is 4.83. The second-order valence-electron chi connectivity index (χ2n) is 6.87. The number of anilines is 3. The third-order valence-electron chi connectivity index (χ3n) is 4.83. The van der Waals surface area contributed by atoms with Gasteiger partial charge in [-0.15, -0.1) is 5.10 Å². The summed E-state index contributed by atoms with van der Waals surface area (Å²) in [5.41, 5.74) is 15.8. The largest absolute Gasteiger partial charge is 0.382 e. The van der Waals surface area contributed by atoms with Crippen molar-refractivity contribution in [1.82, 2.24) is 19.6 Å². The van der Waals surface area contributed by atoms with E-state index in [0.717, 1.165) is 54.1 Å². The fourth-order valence-corrected chi connectivity index (χ4v) is 3.46. The standard InChI is InChI=1S/C18H23N7/c1-11-6-7-21-17(8-11)22-14-9-16(20)24-25-10-15(23-18(14)25)12-2-4-13(19)5-3-12/h6-10,12-13H,2-5,19H2,1H3,(H2,20,24)(H,21,22)/t12-,13+. The Balaban J connectivity index is 1.69. The highest BCUT2D eigenvalue weighted by molar-refractivity contribution is 5.74. The molecule has 0 atom stereocenters. The van der Waals surface area contributed by atoms with E-state index in [0.29, 0.717) is 17.8 Å². The van der Waals surface area contributed by atoms with Gasteiger partial charge in [0, 0.05) is 24.2 Å². The summed E-state index contributed by atoms with van der Waals surface area (Å²) in [6.45, 7) is 2.03. The van der Waals surface area contributed by atoms with Gasteiger partial charge in [0.25, 0.3) is 0 Å². The number of pyridine rings is 1. The molecule has 130 valence electrons. The molecule has 0 aromatic carbocycles. The summed E-state index contributed by atoms with van der Waals surface area (Å²) in [7, 11) is 0. The van der Waals surface area contributed by atoms with Crippen molar-refractivity contribution in [3.05, 3.63) is 41.9 Å². The number of imidazole rings is 1. The van der Waals surface area contributed by atoms with E-state index in [-0.39, 0.29) is 0 Å². The first-order valence-electron chi connectivity index (χ1n) is 8.69. The molecule has 0 radical (unpaired) electrons. The summed E-state index contributed by atoms with van der Waals surface area (Å²) in [6.07, 6.45) is 8.01. The predicted molar refractivity (Wildman–Crippen MR) is 98.8 cm³/mol. The smallest absolute Gasteiger partial charge is 0.177 e. The van der Waals surface area contributed by atoms with Gasteiger partial charge < -0.3 is 16.8 Å². The molecule has 0 unspecified atom stereocenters. The van der Waals surface area contributed by atoms with E-state index in [1.165, 1.54) is 0 Å². The van der Waals surface area contributed by atoms with E-state index in [1.807, 2.05) is 25.3 Å². The molecular weight excluding hydrogens is 314 g/mol. The maximum atomic E-state index is 6.02. The highest BCUT2D eigenvalue weighted by Gasteiger charge is 2.23. The van der Waals surface area contributed by atoms with E-state index in [4.69, 9.17) is 16.5 Å². The van der Waals surface area contributed by atoms with Crippen molar-refractivity contribution in [2.45, 2.75) is 44.6 Å². The lowest BCUT2D eigenvalue weighted by molar-refractivity contribution is 0.391. The summed E-state index contributed by atoms with van der Waals surface area (Å²) in [5.74, 6) is 1.64. The predicted octanol–water partition coefficient (Wildman–Crippen LogP) is 2.74. The molecule has 1 aliphatic rings. The van der Waals surface area contributed by atoms with Crippen LogP contribution in [0.5, 0.6) is 0 Å². The zero-order chi connectivity index (χ0) is 17.4. The Labute approximate surface area is 146 Å². The SMILES string of the molecule is Cc1ccnc(Nc2cc(N)nn3cc([C@H]4CC[C@@H](N)CC4)nc23)c1. The monoisotopic (exact) mass is 337 g/mol. The van der Waals surface area contributed by atoms with Crippen LogP contribution in [0.3, 0.4) is 0 Å². The molecule has 0 saturated heterocycles. The van der Waals surface area contributed by atoms with Gasteiger partial charge in [-0.3, -0.25) is 0 Å². The Morgan fingerprint density at radius 1 is 1.20 bits per heavy atom. The summed E-state index contributed by atoms with van der Waals surface area (Å²) in [4.78, 5) is 9.19. The first kappa shape index (κ1) is 15.8. The van der Waals surface area contributed by atoms with Gasteiger partial charge in [-0.25, -0.2) is 14.5 Å². The quantitative estimate of drug-likeness (QED) is 0.678. The van der Waals surface area contributed by atoms with Gasteiger partial charge in [-0.2, -0.15) is 0 Å². The van der Waals surface area contributed by atoms with Crippen molar-refractivity contribution in [3.63, 3.8) is 0 Å². The fourth-order valence-electron chi connectivity index (χ4n) is 3.46. The minimum Gasteiger partial charge on any atom is -0.382 e. The molecule has 0 bridgehead atoms. The minimum atomic E-state index is 0.326. The first-order valence-corrected chi connectivity index (χ1v) is 8.69. The van der Waals surface area contributed by atoms with Gasteiger partial charge in [-0.1, -0.05) is 0 Å². The van der Waals surface area contributed by atoms with E-state index in [1.54, 1.807) is 16.8 Å². The Morgan fingerprint density at radius 3 is 2.76 bits per heavy atom. The van der Waals surface area contributed by atoms with Crippen LogP contribution in [-0.2, 0) is 0 Å². The third kappa shape index (κ3) is 3.28. The lowest BCUT2D eigenvalue weighted by atomic mass is 9.85. The van der Waals surface area contributed by atoms with Crippen LogP contribution < -0.4 is 16.8 Å². The topological polar surface area (TPSA) is 107 Å². The molecule has 0 aliphatic heterocycles. The highest BCUT2D eigenvalue weighted by atomic mass is 15.3. The Morgan fingerprint density at radius 2 is 2.00 bits per heavy atom. The molecule has 3 heterocycles. The lowest BCUT2D eigenvalue weighted by Gasteiger charge is -2.24. The zero-order valence-electron chi connectivity index (χ0n) is 14.3. The molecule has 7 nitrogen and oxygen atoms in total. The lowest BCUT2D eigenvalue weighted by Crippen LogP contribution is -2.25. The number of nitrogen functional groups attached to an aromatic ring is 1. The molecule has 3 aromatic rings. The number of nitrogens with two attached hydrogens (primary N) is 2. The van der Waals surface area contributed by atoms with Gasteiger partial charge in [0.1, 0.15) is 11.6 Å². The minimum absolute atomic E-state index is 0.326. The van der Waals surface area contributed by atoms with Crippen LogP contribution >= 0.6 is 0 Å². The summed E-state index contributed by atoms with van der Waals surface area (Å²) in [5, 5.41) is 7.69. The van der Waals surface area contributed by atoms with Crippen molar-refractivity contribution in [2.75, 3.05) is 11.1 Å². The maximum absolute atomic E-state index is 6.02. The summed E-state index contributed by atoms with van der Waals surface area (Å²) < 4.78 is 1.76. The Bertz CT molecular complexity index is 894. The number of nitrogens with zero attached hydrogens (tertiary/aromatic N) is 4. The second kappa shape index (κ2) is 6.33. The van der Waals surface area contributed by atoms with Crippen molar-refractivity contribution < 1.29 is 0 Å². The number of fused-ring (bicyclic) bond motifs is 1. The van der Waals surface area contributed by atoms with Crippen LogP contribution in [0.25, 0.3) is 5.65 Å². The van der Waals surface area contributed by atoms with Crippen LogP contribution in [0, 0.1) is 6.92 Å². The number of nitrogens with one attached hydrogen (secondary N) is 1. The van der Waals surface area contributed by atoms with E-state index in [9.17, 15) is 0 Å². The van der Waals surface area contributed by atoms with Crippen LogP contribution in [0.4, 0.5) is 17.3 Å². The van der Waals surface area contributed by atoms with Gasteiger partial charge >= 0.3 is 0 Å². The van der Waals surface area contributed by atoms with Crippen molar-refractivity contribution in [2.24, 2.45) is 5.73 Å². The maximum Gasteiger partial charge on any atom is 0.177 e. The van der Waals surface area contributed by atoms with Crippen molar-refractivity contribution in [3.8, 4) is 0 Å². The van der Waals surface area contributed by atoms with Gasteiger partial charge in [0.15, 0.2) is 5.65 Å². The molecular formula is C18H23N7. The molecule has 4 rings (SSSR count). The molecule has 1 saturated carbocycles. The molecule has 3 aromatic heterocycles. The Hall–Kier alpha value is -2.67. The normalized spacial score (nSPS) is 20.7. The second-order valence-corrected chi connectivity index (χ2v) is 6.87. The number of hydrogen-bond donors (Lipinski definition) is 3. The molecule has 0 spiro atoms. The first-order chi connectivity index (χ1) is 12.1. The van der Waals surface area contributed by atoms with Crippen molar-refractivity contribution in [1.29, 1.82) is 0 Å². The molecule has 5 N–H and O–H groups in total. The zero-order valence-corrected chi connectivity index (χ0v) is 14.3. The number of aromatic nitrogens is 4. The molecule has 7 heteroatoms. The molecule has 0 amide bonds. The van der Waals surface area contributed by atoms with Crippen LogP contribution in [0.1, 0.15) is 42.9 Å². The van der Waals surface area contributed by atoms with Gasteiger partial charge in [0.2, 0.25) is 0 Å². The van der Waals surface area contributed by atoms with Crippen molar-refractivity contribution >= 4 is 23.0 Å². The van der Waals surface area contributed by atoms with E-state index < -0.39 is 0 Å². The average molecular weight is 337 g/mol. The van der Waals surface area contributed by atoms with Crippen LogP contribution in [-0.4, -0.2) is 25.6 Å². The van der Waals surface area contributed by atoms with E-state index in [2.05, 4.69) is 15.4 Å². The van der Waals surface area contributed by atoms with Crippen LogP contribution in [0.2, 0.25) is 0 Å². The number of rotatable bonds is 3.